The minimum atomic E-state index is -2.12. The van der Waals surface area contributed by atoms with E-state index in [1.165, 1.54) is 0 Å². The van der Waals surface area contributed by atoms with E-state index in [1.807, 2.05) is 6.92 Å². The maximum Gasteiger partial charge on any atom is 0.308 e. The van der Waals surface area contributed by atoms with Gasteiger partial charge in [-0.15, -0.1) is 0 Å². The highest BCUT2D eigenvalue weighted by atomic mass is 16.8. The van der Waals surface area contributed by atoms with E-state index in [4.69, 9.17) is 66.3 Å². The Labute approximate surface area is 445 Å². The number of ether oxygens (including phenoxy) is 14. The van der Waals surface area contributed by atoms with Crippen LogP contribution in [0.15, 0.2) is 12.2 Å². The van der Waals surface area contributed by atoms with Crippen molar-refractivity contribution in [2.24, 2.45) is 17.8 Å². The van der Waals surface area contributed by atoms with E-state index >= 15 is 0 Å². The molecule has 3 spiro atoms. The van der Waals surface area contributed by atoms with Crippen molar-refractivity contribution in [1.29, 1.82) is 0 Å². The zero-order chi connectivity index (χ0) is 52.0. The van der Waals surface area contributed by atoms with Crippen molar-refractivity contribution in [3.8, 4) is 0 Å². The standard InChI is InChI=1S/C57H82O19/c1-27-17-33-8-7-31-5-6-32(63-31)13-15-55-26-57(61,62)53(76-55)51-30(4)50(75-55)52-37(70-51)11-9-35(66-52)19-48(60)69-43-21-41-42(67-40(43)20-39(64-33)29(27)3)22-44-45(68-41)24-56(73-44)25-46-36(71-56)14-16-54(74-46)23-28(2)49-38(72-54)12-10-34(65-49)18-47(58)59/h27-28,30-46,49-53,61-62H,3,5-26H2,1-2,4H3,(H,58,59)/t27-,28+,30+,31-,32-,33+,34+,35-,36+,37+,38+,39-,40+,41?,42+,43-,44-,45?,46+,49+,50-,51-,52+,53?,54+,55-,56+/m1/s1. The second kappa shape index (κ2) is 19.6. The van der Waals surface area contributed by atoms with Gasteiger partial charge in [0.05, 0.1) is 129 Å². The Hall–Kier alpha value is -1.92. The summed E-state index contributed by atoms with van der Waals surface area (Å²) in [5, 5.41) is 32.2. The fourth-order valence-corrected chi connectivity index (χ4v) is 17.1. The van der Waals surface area contributed by atoms with Gasteiger partial charge in [0.15, 0.2) is 23.1 Å². The quantitative estimate of drug-likeness (QED) is 0.174. The predicted octanol–water partition coefficient (Wildman–Crippen LogP) is 5.58. The van der Waals surface area contributed by atoms with Crippen molar-refractivity contribution in [2.75, 3.05) is 0 Å². The van der Waals surface area contributed by atoms with Gasteiger partial charge < -0.3 is 81.6 Å². The summed E-state index contributed by atoms with van der Waals surface area (Å²) in [6.07, 6.45) is 5.87. The molecular formula is C57H82O19. The number of aliphatic carboxylic acids is 1. The summed E-state index contributed by atoms with van der Waals surface area (Å²) < 4.78 is 95.2. The molecular weight excluding hydrogens is 989 g/mol. The molecule has 19 nitrogen and oxygen atoms in total. The fraction of sp³-hybridized carbons (Fsp3) is 0.930. The van der Waals surface area contributed by atoms with Crippen LogP contribution in [-0.4, -0.2) is 179 Å². The van der Waals surface area contributed by atoms with Gasteiger partial charge in [0.1, 0.15) is 18.3 Å². The number of carbonyl (C=O) groups is 2. The zero-order valence-electron chi connectivity index (χ0n) is 44.5. The van der Waals surface area contributed by atoms with Crippen LogP contribution in [-0.2, 0) is 75.9 Å². The van der Waals surface area contributed by atoms with Crippen LogP contribution in [0.2, 0.25) is 0 Å². The number of fused-ring (bicyclic) bond motifs is 13. The van der Waals surface area contributed by atoms with Crippen molar-refractivity contribution in [1.82, 2.24) is 0 Å². The number of aliphatic hydroxyl groups is 2. The summed E-state index contributed by atoms with van der Waals surface area (Å²) in [7, 11) is 0. The van der Waals surface area contributed by atoms with Crippen LogP contribution in [0.3, 0.4) is 0 Å². The maximum absolute atomic E-state index is 14.4. The lowest BCUT2D eigenvalue weighted by Gasteiger charge is -2.53. The summed E-state index contributed by atoms with van der Waals surface area (Å²) in [5.74, 6) is -6.14. The van der Waals surface area contributed by atoms with E-state index < -0.39 is 71.8 Å². The van der Waals surface area contributed by atoms with E-state index in [1.54, 1.807) is 0 Å². The van der Waals surface area contributed by atoms with E-state index in [9.17, 15) is 24.9 Å². The van der Waals surface area contributed by atoms with Gasteiger partial charge in [0, 0.05) is 57.3 Å². The molecule has 27 atom stereocenters. The summed E-state index contributed by atoms with van der Waals surface area (Å²) in [5.41, 5.74) is 1.03. The van der Waals surface area contributed by atoms with Crippen LogP contribution >= 0.6 is 0 Å². The minimum Gasteiger partial charge on any atom is -0.481 e. The van der Waals surface area contributed by atoms with E-state index in [0.717, 1.165) is 50.5 Å². The summed E-state index contributed by atoms with van der Waals surface area (Å²) in [6, 6.07) is 0. The van der Waals surface area contributed by atoms with Gasteiger partial charge in [0.25, 0.3) is 0 Å². The molecule has 0 aromatic heterocycles. The van der Waals surface area contributed by atoms with Crippen molar-refractivity contribution >= 4 is 11.9 Å². The first-order valence-corrected chi connectivity index (χ1v) is 29.6. The molecule has 14 aliphatic rings. The molecule has 424 valence electrons. The Kier molecular flexibility index (Phi) is 13.5. The highest BCUT2D eigenvalue weighted by molar-refractivity contribution is 5.70. The topological polar surface area (TPSA) is 224 Å². The van der Waals surface area contributed by atoms with Gasteiger partial charge in [-0.25, -0.2) is 0 Å². The van der Waals surface area contributed by atoms with Crippen LogP contribution < -0.4 is 0 Å². The molecule has 14 rings (SSSR count). The lowest BCUT2D eigenvalue weighted by atomic mass is 9.79. The average Bonchev–Trinajstić information content (AvgIpc) is 4.33. The minimum absolute atomic E-state index is 0.00301. The van der Waals surface area contributed by atoms with Gasteiger partial charge in [-0.3, -0.25) is 9.59 Å². The molecule has 14 fully saturated rings. The Bertz CT molecular complexity index is 2210. The summed E-state index contributed by atoms with van der Waals surface area (Å²) in [4.78, 5) is 25.8. The number of carboxylic acid groups (broad SMARTS) is 1. The fourth-order valence-electron chi connectivity index (χ4n) is 17.1. The average molecular weight is 1070 g/mol. The number of carboxylic acids is 1. The van der Waals surface area contributed by atoms with E-state index in [-0.39, 0.29) is 128 Å². The van der Waals surface area contributed by atoms with Crippen molar-refractivity contribution in [2.45, 2.75) is 313 Å². The summed E-state index contributed by atoms with van der Waals surface area (Å²) in [6.45, 7) is 10.9. The molecule has 0 saturated carbocycles. The largest absolute Gasteiger partial charge is 0.481 e. The molecule has 0 radical (unpaired) electrons. The van der Waals surface area contributed by atoms with Crippen LogP contribution in [0, 0.1) is 17.8 Å². The first-order valence-electron chi connectivity index (χ1n) is 29.6. The second-order valence-electron chi connectivity index (χ2n) is 26.3. The Balaban J connectivity index is 0.674. The molecule has 0 amide bonds. The van der Waals surface area contributed by atoms with Crippen LogP contribution in [0.4, 0.5) is 0 Å². The number of hydrogen-bond donors (Lipinski definition) is 3. The molecule has 19 heteroatoms. The monoisotopic (exact) mass is 1070 g/mol. The lowest BCUT2D eigenvalue weighted by molar-refractivity contribution is -0.358. The third kappa shape index (κ3) is 9.57. The van der Waals surface area contributed by atoms with Crippen LogP contribution in [0.5, 0.6) is 0 Å². The molecule has 0 aromatic carbocycles. The molecule has 14 aliphatic heterocycles. The van der Waals surface area contributed by atoms with Gasteiger partial charge in [-0.05, 0) is 88.0 Å². The smallest absolute Gasteiger partial charge is 0.308 e. The second-order valence-corrected chi connectivity index (χ2v) is 26.3. The van der Waals surface area contributed by atoms with Gasteiger partial charge in [0.2, 0.25) is 0 Å². The molecule has 76 heavy (non-hydrogen) atoms. The van der Waals surface area contributed by atoms with Crippen LogP contribution in [0.25, 0.3) is 0 Å². The molecule has 0 aliphatic carbocycles. The Morgan fingerprint density at radius 3 is 2.05 bits per heavy atom. The van der Waals surface area contributed by atoms with Gasteiger partial charge in [-0.2, -0.15) is 0 Å². The highest BCUT2D eigenvalue weighted by Crippen LogP contribution is 2.56. The SMILES string of the molecule is C=C1[C@H](C)C[C@@H]2CC[C@H]3CC[C@H](CC[C@]45CC(O)(O)C(O4)[C@@H]4O[C@H]6CC[C@H](CC(=O)O[C@@H]7CC8OC9C[C@@]%10(C[C@@H]%11O[C@@]%12(CC[C@@H]%11O%10)C[C@H](C)[C@@H]%10O[C@H](CC(=O)O)CC[C@@H]%10O%12)O[C@@H]9C[C@@H]8O[C@H]7C[C@H]1O2)O[C@@H]6[C@H](O5)[C@@H]4C)O3. The van der Waals surface area contributed by atoms with E-state index in [0.29, 0.717) is 77.0 Å². The van der Waals surface area contributed by atoms with Crippen molar-refractivity contribution < 1.29 is 91.2 Å². The highest BCUT2D eigenvalue weighted by Gasteiger charge is 2.68. The maximum atomic E-state index is 14.4. The summed E-state index contributed by atoms with van der Waals surface area (Å²) >= 11 is 0. The molecule has 3 unspecified atom stereocenters. The molecule has 0 aromatic rings. The lowest BCUT2D eigenvalue weighted by Crippen LogP contribution is -2.63. The molecule has 10 bridgehead atoms. The molecule has 14 saturated heterocycles. The van der Waals surface area contributed by atoms with Crippen molar-refractivity contribution in [3.63, 3.8) is 0 Å². The number of carbonyl (C=O) groups excluding carboxylic acids is 1. The zero-order valence-corrected chi connectivity index (χ0v) is 44.5. The van der Waals surface area contributed by atoms with E-state index in [2.05, 4.69) is 20.4 Å². The molecule has 14 heterocycles. The number of hydrogen-bond acceptors (Lipinski definition) is 18. The predicted molar refractivity (Wildman–Crippen MR) is 261 cm³/mol. The Morgan fingerprint density at radius 2 is 1.22 bits per heavy atom. The van der Waals surface area contributed by atoms with Crippen molar-refractivity contribution in [3.05, 3.63) is 12.2 Å². The first kappa shape index (κ1) is 52.2. The third-order valence-corrected chi connectivity index (χ3v) is 20.8. The van der Waals surface area contributed by atoms with Crippen LogP contribution in [0.1, 0.15) is 162 Å². The number of esters is 1. The number of rotatable bonds is 2. The third-order valence-electron chi connectivity index (χ3n) is 20.8. The first-order chi connectivity index (χ1) is 36.4. The van der Waals surface area contributed by atoms with Gasteiger partial charge >= 0.3 is 11.9 Å². The normalized spacial score (nSPS) is 55.5. The molecule has 3 N–H and O–H groups in total. The van der Waals surface area contributed by atoms with Gasteiger partial charge in [-0.1, -0.05) is 27.4 Å². The Morgan fingerprint density at radius 1 is 0.539 bits per heavy atom.